The Hall–Kier alpha value is -1.10. The minimum atomic E-state index is -0.482. The highest BCUT2D eigenvalue weighted by Gasteiger charge is 2.35. The van der Waals surface area contributed by atoms with Gasteiger partial charge in [-0.25, -0.2) is 0 Å². The fourth-order valence-corrected chi connectivity index (χ4v) is 3.47. The van der Waals surface area contributed by atoms with Crippen LogP contribution in [0.2, 0.25) is 0 Å². The largest absolute Gasteiger partial charge is 0.497 e. The van der Waals surface area contributed by atoms with Gasteiger partial charge >= 0.3 is 0 Å². The van der Waals surface area contributed by atoms with Crippen LogP contribution in [0.15, 0.2) is 18.2 Å². The number of ether oxygens (including phenoxy) is 3. The molecule has 0 bridgehead atoms. The van der Waals surface area contributed by atoms with E-state index in [1.165, 1.54) is 11.1 Å². The summed E-state index contributed by atoms with van der Waals surface area (Å²) in [7, 11) is 1.69. The summed E-state index contributed by atoms with van der Waals surface area (Å²) in [4.78, 5) is 0. The van der Waals surface area contributed by atoms with Crippen molar-refractivity contribution in [2.75, 3.05) is 20.3 Å². The molecule has 116 valence electrons. The van der Waals surface area contributed by atoms with E-state index in [0.717, 1.165) is 31.4 Å². The molecule has 1 heterocycles. The molecule has 2 atom stereocenters. The van der Waals surface area contributed by atoms with Gasteiger partial charge in [-0.15, -0.1) is 0 Å². The maximum atomic E-state index is 10.4. The lowest BCUT2D eigenvalue weighted by Gasteiger charge is -2.33. The van der Waals surface area contributed by atoms with E-state index in [4.69, 9.17) is 14.2 Å². The molecule has 1 aliphatic carbocycles. The van der Waals surface area contributed by atoms with Gasteiger partial charge in [0, 0.05) is 12.3 Å². The van der Waals surface area contributed by atoms with Gasteiger partial charge in [0.25, 0.3) is 0 Å². The third-order valence-electron chi connectivity index (χ3n) is 4.73. The number of aryl methyl sites for hydroxylation is 1. The van der Waals surface area contributed by atoms with E-state index in [1.54, 1.807) is 7.11 Å². The number of hydrogen-bond acceptors (Lipinski definition) is 4. The number of aliphatic hydroxyl groups excluding tert-OH is 1. The minimum Gasteiger partial charge on any atom is -0.497 e. The van der Waals surface area contributed by atoms with E-state index < -0.39 is 5.79 Å². The van der Waals surface area contributed by atoms with Crippen molar-refractivity contribution in [3.05, 3.63) is 29.3 Å². The molecule has 1 fully saturated rings. The van der Waals surface area contributed by atoms with Gasteiger partial charge in [0.2, 0.25) is 0 Å². The Morgan fingerprint density at radius 1 is 1.33 bits per heavy atom. The van der Waals surface area contributed by atoms with Crippen LogP contribution in [0, 0.1) is 0 Å². The smallest absolute Gasteiger partial charge is 0.165 e. The molecule has 1 aliphatic heterocycles. The fourth-order valence-electron chi connectivity index (χ4n) is 3.47. The van der Waals surface area contributed by atoms with Crippen molar-refractivity contribution in [1.82, 2.24) is 0 Å². The van der Waals surface area contributed by atoms with Crippen LogP contribution in [0.3, 0.4) is 0 Å². The quantitative estimate of drug-likeness (QED) is 0.927. The molecule has 1 aromatic rings. The van der Waals surface area contributed by atoms with Crippen LogP contribution in [0.4, 0.5) is 0 Å². The summed E-state index contributed by atoms with van der Waals surface area (Å²) in [6, 6.07) is 6.17. The van der Waals surface area contributed by atoms with E-state index in [9.17, 15) is 5.11 Å². The average molecular weight is 292 g/mol. The van der Waals surface area contributed by atoms with Gasteiger partial charge in [-0.3, -0.25) is 0 Å². The Morgan fingerprint density at radius 2 is 2.10 bits per heavy atom. The van der Waals surface area contributed by atoms with Crippen LogP contribution in [0.1, 0.15) is 43.2 Å². The summed E-state index contributed by atoms with van der Waals surface area (Å²) >= 11 is 0. The molecule has 0 spiro atoms. The Bertz CT molecular complexity index is 494. The van der Waals surface area contributed by atoms with Gasteiger partial charge in [-0.1, -0.05) is 6.07 Å². The molecule has 2 aliphatic rings. The van der Waals surface area contributed by atoms with Crippen molar-refractivity contribution >= 4 is 0 Å². The predicted molar refractivity (Wildman–Crippen MR) is 79.6 cm³/mol. The third kappa shape index (κ3) is 3.07. The molecule has 0 amide bonds. The van der Waals surface area contributed by atoms with E-state index >= 15 is 0 Å². The first kappa shape index (κ1) is 14.8. The maximum absolute atomic E-state index is 10.4. The predicted octanol–water partition coefficient (Wildman–Crippen LogP) is 2.63. The van der Waals surface area contributed by atoms with Crippen LogP contribution in [-0.2, 0) is 15.9 Å². The summed E-state index contributed by atoms with van der Waals surface area (Å²) < 4.78 is 16.6. The van der Waals surface area contributed by atoms with Crippen molar-refractivity contribution in [2.24, 2.45) is 0 Å². The SMILES string of the molecule is COc1ccc2c(c1)CC[C@H](O)[C@H]2CCC1(C)OCCO1. The van der Waals surface area contributed by atoms with Gasteiger partial charge in [-0.2, -0.15) is 0 Å². The number of aliphatic hydroxyl groups is 1. The zero-order valence-electron chi connectivity index (χ0n) is 12.8. The van der Waals surface area contributed by atoms with Crippen molar-refractivity contribution in [3.8, 4) is 5.75 Å². The minimum absolute atomic E-state index is 0.157. The number of rotatable bonds is 4. The molecule has 0 aromatic heterocycles. The molecular formula is C17H24O4. The van der Waals surface area contributed by atoms with Gasteiger partial charge < -0.3 is 19.3 Å². The highest BCUT2D eigenvalue weighted by atomic mass is 16.7. The van der Waals surface area contributed by atoms with Gasteiger partial charge in [0.05, 0.1) is 26.4 Å². The molecule has 1 N–H and O–H groups in total. The molecular weight excluding hydrogens is 268 g/mol. The van der Waals surface area contributed by atoms with Crippen LogP contribution in [0.5, 0.6) is 5.75 Å². The van der Waals surface area contributed by atoms with Crippen molar-refractivity contribution in [2.45, 2.75) is 50.4 Å². The van der Waals surface area contributed by atoms with E-state index in [1.807, 2.05) is 13.0 Å². The van der Waals surface area contributed by atoms with E-state index in [2.05, 4.69) is 12.1 Å². The zero-order chi connectivity index (χ0) is 14.9. The van der Waals surface area contributed by atoms with Crippen LogP contribution in [-0.4, -0.2) is 37.3 Å². The molecule has 1 aromatic carbocycles. The molecule has 4 heteroatoms. The highest BCUT2D eigenvalue weighted by molar-refractivity contribution is 5.40. The molecule has 3 rings (SSSR count). The van der Waals surface area contributed by atoms with Crippen LogP contribution < -0.4 is 4.74 Å². The Balaban J connectivity index is 1.75. The molecule has 0 unspecified atom stereocenters. The van der Waals surface area contributed by atoms with Gasteiger partial charge in [-0.05, 0) is 49.4 Å². The second-order valence-corrected chi connectivity index (χ2v) is 6.15. The van der Waals surface area contributed by atoms with Crippen molar-refractivity contribution in [1.29, 1.82) is 0 Å². The zero-order valence-corrected chi connectivity index (χ0v) is 12.8. The number of fused-ring (bicyclic) bond motifs is 1. The first-order valence-corrected chi connectivity index (χ1v) is 7.74. The second kappa shape index (κ2) is 5.95. The first-order valence-electron chi connectivity index (χ1n) is 7.74. The van der Waals surface area contributed by atoms with Gasteiger partial charge in [0.1, 0.15) is 5.75 Å². The number of methoxy groups -OCH3 is 1. The second-order valence-electron chi connectivity index (χ2n) is 6.15. The normalized spacial score (nSPS) is 27.4. The molecule has 0 radical (unpaired) electrons. The summed E-state index contributed by atoms with van der Waals surface area (Å²) in [6.07, 6.45) is 3.12. The number of benzene rings is 1. The lowest BCUT2D eigenvalue weighted by molar-refractivity contribution is -0.149. The lowest BCUT2D eigenvalue weighted by atomic mass is 9.78. The van der Waals surface area contributed by atoms with Crippen LogP contribution >= 0.6 is 0 Å². The van der Waals surface area contributed by atoms with Crippen molar-refractivity contribution in [3.63, 3.8) is 0 Å². The summed E-state index contributed by atoms with van der Waals surface area (Å²) in [5.74, 6) is 0.562. The topological polar surface area (TPSA) is 47.9 Å². The Morgan fingerprint density at radius 3 is 2.81 bits per heavy atom. The summed E-state index contributed by atoms with van der Waals surface area (Å²) in [6.45, 7) is 3.32. The number of hydrogen-bond donors (Lipinski definition) is 1. The lowest BCUT2D eigenvalue weighted by Crippen LogP contribution is -2.30. The van der Waals surface area contributed by atoms with Crippen LogP contribution in [0.25, 0.3) is 0 Å². The monoisotopic (exact) mass is 292 g/mol. The fraction of sp³-hybridized carbons (Fsp3) is 0.647. The molecule has 21 heavy (non-hydrogen) atoms. The Kier molecular flexibility index (Phi) is 4.20. The van der Waals surface area contributed by atoms with Gasteiger partial charge in [0.15, 0.2) is 5.79 Å². The summed E-state index contributed by atoms with van der Waals surface area (Å²) in [5.41, 5.74) is 2.54. The maximum Gasteiger partial charge on any atom is 0.165 e. The first-order chi connectivity index (χ1) is 10.1. The third-order valence-corrected chi connectivity index (χ3v) is 4.73. The molecule has 1 saturated heterocycles. The summed E-state index contributed by atoms with van der Waals surface area (Å²) in [5, 5.41) is 10.4. The van der Waals surface area contributed by atoms with E-state index in [0.29, 0.717) is 13.2 Å². The molecule has 0 saturated carbocycles. The average Bonchev–Trinajstić information content (AvgIpc) is 2.93. The standard InChI is InChI=1S/C17H24O4/c1-17(20-9-10-21-17)8-7-15-14-5-4-13(19-2)11-12(14)3-6-16(15)18/h4-5,11,15-16,18H,3,6-10H2,1-2H3/t15-,16-/m0/s1. The Labute approximate surface area is 126 Å². The van der Waals surface area contributed by atoms with E-state index in [-0.39, 0.29) is 12.0 Å². The highest BCUT2D eigenvalue weighted by Crippen LogP contribution is 2.39. The molecule has 4 nitrogen and oxygen atoms in total. The van der Waals surface area contributed by atoms with Crippen molar-refractivity contribution < 1.29 is 19.3 Å².